The van der Waals surface area contributed by atoms with Crippen LogP contribution in [-0.2, 0) is 6.42 Å². The highest BCUT2D eigenvalue weighted by molar-refractivity contribution is 5.40. The lowest BCUT2D eigenvalue weighted by Crippen LogP contribution is -2.11. The maximum Gasteiger partial charge on any atom is 0.116 e. The maximum atomic E-state index is 9.47. The number of aromatic hydroxyl groups is 1. The van der Waals surface area contributed by atoms with Crippen LogP contribution >= 0.6 is 0 Å². The number of aryl methyl sites for hydroxylation is 2. The van der Waals surface area contributed by atoms with E-state index in [0.29, 0.717) is 5.75 Å². The maximum absolute atomic E-state index is 9.47. The summed E-state index contributed by atoms with van der Waals surface area (Å²) in [4.78, 5) is 0. The van der Waals surface area contributed by atoms with Gasteiger partial charge in [-0.3, -0.25) is 0 Å². The van der Waals surface area contributed by atoms with Crippen molar-refractivity contribution in [3.63, 3.8) is 0 Å². The average molecular weight is 205 g/mol. The Morgan fingerprint density at radius 3 is 2.53 bits per heavy atom. The fourth-order valence-electron chi connectivity index (χ4n) is 2.47. The molecular formula is C13H19NO. The Hall–Kier alpha value is -1.02. The van der Waals surface area contributed by atoms with E-state index in [2.05, 4.69) is 19.2 Å². The monoisotopic (exact) mass is 205 g/mol. The molecule has 0 aromatic heterocycles. The molecule has 15 heavy (non-hydrogen) atoms. The van der Waals surface area contributed by atoms with E-state index in [1.54, 1.807) is 0 Å². The zero-order chi connectivity index (χ0) is 10.8. The molecule has 1 heterocycles. The molecule has 1 fully saturated rings. The summed E-state index contributed by atoms with van der Waals surface area (Å²) in [6.45, 7) is 6.47. The van der Waals surface area contributed by atoms with Gasteiger partial charge < -0.3 is 10.4 Å². The molecule has 1 atom stereocenters. The summed E-state index contributed by atoms with van der Waals surface area (Å²) in [5.41, 5.74) is 3.86. The molecule has 2 nitrogen and oxygen atoms in total. The first kappa shape index (κ1) is 10.5. The minimum Gasteiger partial charge on any atom is -0.508 e. The van der Waals surface area contributed by atoms with Gasteiger partial charge in [-0.25, -0.2) is 0 Å². The molecule has 0 amide bonds. The number of rotatable bonds is 2. The summed E-state index contributed by atoms with van der Waals surface area (Å²) in [7, 11) is 0. The third-order valence-corrected chi connectivity index (χ3v) is 3.34. The molecule has 2 N–H and O–H groups in total. The van der Waals surface area contributed by atoms with E-state index in [1.807, 2.05) is 12.1 Å². The van der Waals surface area contributed by atoms with Crippen LogP contribution in [0.5, 0.6) is 5.75 Å². The first-order valence-electron chi connectivity index (χ1n) is 5.66. The highest BCUT2D eigenvalue weighted by Gasteiger charge is 2.17. The zero-order valence-electron chi connectivity index (χ0n) is 9.51. The molecule has 1 saturated heterocycles. The van der Waals surface area contributed by atoms with Crippen LogP contribution in [-0.4, -0.2) is 18.2 Å². The molecule has 1 unspecified atom stereocenters. The number of hydrogen-bond acceptors (Lipinski definition) is 2. The smallest absolute Gasteiger partial charge is 0.116 e. The molecule has 0 spiro atoms. The predicted octanol–water partition coefficient (Wildman–Crippen LogP) is 2.16. The third kappa shape index (κ3) is 2.32. The molecule has 0 aliphatic carbocycles. The lowest BCUT2D eigenvalue weighted by molar-refractivity contribution is 0.473. The first-order valence-corrected chi connectivity index (χ1v) is 5.66. The first-order chi connectivity index (χ1) is 7.16. The van der Waals surface area contributed by atoms with Gasteiger partial charge >= 0.3 is 0 Å². The molecule has 1 aliphatic rings. The highest BCUT2D eigenvalue weighted by atomic mass is 16.3. The summed E-state index contributed by atoms with van der Waals surface area (Å²) < 4.78 is 0. The third-order valence-electron chi connectivity index (χ3n) is 3.34. The number of phenolic OH excluding ortho intramolecular Hbond substituents is 1. The zero-order valence-corrected chi connectivity index (χ0v) is 9.51. The predicted molar refractivity (Wildman–Crippen MR) is 62.3 cm³/mol. The Morgan fingerprint density at radius 2 is 2.00 bits per heavy atom. The van der Waals surface area contributed by atoms with E-state index >= 15 is 0 Å². The molecule has 0 bridgehead atoms. The van der Waals surface area contributed by atoms with Crippen molar-refractivity contribution in [2.24, 2.45) is 5.92 Å². The van der Waals surface area contributed by atoms with Crippen LogP contribution in [0, 0.1) is 19.8 Å². The van der Waals surface area contributed by atoms with Gasteiger partial charge in [0, 0.05) is 0 Å². The van der Waals surface area contributed by atoms with Crippen molar-refractivity contribution in [2.45, 2.75) is 26.7 Å². The van der Waals surface area contributed by atoms with Crippen LogP contribution in [0.4, 0.5) is 0 Å². The van der Waals surface area contributed by atoms with Crippen LogP contribution in [0.25, 0.3) is 0 Å². The summed E-state index contributed by atoms with van der Waals surface area (Å²) in [5.74, 6) is 1.16. The largest absolute Gasteiger partial charge is 0.508 e. The van der Waals surface area contributed by atoms with Gasteiger partial charge in [0.1, 0.15) is 5.75 Å². The summed E-state index contributed by atoms with van der Waals surface area (Å²) >= 11 is 0. The van der Waals surface area contributed by atoms with E-state index in [4.69, 9.17) is 0 Å². The van der Waals surface area contributed by atoms with E-state index in [0.717, 1.165) is 25.4 Å². The summed E-state index contributed by atoms with van der Waals surface area (Å²) in [6, 6.07) is 3.73. The summed E-state index contributed by atoms with van der Waals surface area (Å²) in [5, 5.41) is 12.9. The number of nitrogens with one attached hydrogen (secondary N) is 1. The summed E-state index contributed by atoms with van der Waals surface area (Å²) in [6.07, 6.45) is 2.42. The van der Waals surface area contributed by atoms with Crippen molar-refractivity contribution in [3.05, 3.63) is 28.8 Å². The molecule has 1 aromatic carbocycles. The Kier molecular flexibility index (Phi) is 2.96. The molecule has 2 heteroatoms. The SMILES string of the molecule is Cc1cc(O)cc(C)c1CC1CCNC1. The van der Waals surface area contributed by atoms with Crippen LogP contribution in [0.3, 0.4) is 0 Å². The van der Waals surface area contributed by atoms with E-state index in [1.165, 1.54) is 23.1 Å². The molecule has 0 radical (unpaired) electrons. The Bertz CT molecular complexity index is 331. The highest BCUT2D eigenvalue weighted by Crippen LogP contribution is 2.25. The molecule has 1 aliphatic heterocycles. The van der Waals surface area contributed by atoms with E-state index in [-0.39, 0.29) is 0 Å². The second-order valence-electron chi connectivity index (χ2n) is 4.62. The Morgan fingerprint density at radius 1 is 1.33 bits per heavy atom. The van der Waals surface area contributed by atoms with Gasteiger partial charge in [0.15, 0.2) is 0 Å². The molecule has 0 saturated carbocycles. The number of hydrogen-bond donors (Lipinski definition) is 2. The van der Waals surface area contributed by atoms with Gasteiger partial charge in [-0.05, 0) is 74.5 Å². The van der Waals surface area contributed by atoms with Gasteiger partial charge in [0.2, 0.25) is 0 Å². The standard InChI is InChI=1S/C13H19NO/c1-9-5-12(15)6-10(2)13(9)7-11-3-4-14-8-11/h5-6,11,14-15H,3-4,7-8H2,1-2H3. The fourth-order valence-corrected chi connectivity index (χ4v) is 2.47. The Balaban J connectivity index is 2.19. The van der Waals surface area contributed by atoms with Crippen molar-refractivity contribution in [2.75, 3.05) is 13.1 Å². The molecular weight excluding hydrogens is 186 g/mol. The van der Waals surface area contributed by atoms with Crippen molar-refractivity contribution in [1.82, 2.24) is 5.32 Å². The van der Waals surface area contributed by atoms with Crippen molar-refractivity contribution in [1.29, 1.82) is 0 Å². The molecule has 2 rings (SSSR count). The fraction of sp³-hybridized carbons (Fsp3) is 0.538. The van der Waals surface area contributed by atoms with Crippen molar-refractivity contribution < 1.29 is 5.11 Å². The van der Waals surface area contributed by atoms with Gasteiger partial charge in [0.25, 0.3) is 0 Å². The quantitative estimate of drug-likeness (QED) is 0.775. The van der Waals surface area contributed by atoms with Crippen LogP contribution in [0.1, 0.15) is 23.1 Å². The van der Waals surface area contributed by atoms with Crippen molar-refractivity contribution >= 4 is 0 Å². The van der Waals surface area contributed by atoms with E-state index in [9.17, 15) is 5.11 Å². The van der Waals surface area contributed by atoms with Crippen LogP contribution in [0.2, 0.25) is 0 Å². The lowest BCUT2D eigenvalue weighted by atomic mass is 9.92. The van der Waals surface area contributed by atoms with Gasteiger partial charge in [0.05, 0.1) is 0 Å². The topological polar surface area (TPSA) is 32.3 Å². The molecule has 82 valence electrons. The minimum atomic E-state index is 0.387. The number of benzene rings is 1. The molecule has 1 aromatic rings. The second kappa shape index (κ2) is 4.23. The average Bonchev–Trinajstić information content (AvgIpc) is 2.63. The second-order valence-corrected chi connectivity index (χ2v) is 4.62. The van der Waals surface area contributed by atoms with Crippen molar-refractivity contribution in [3.8, 4) is 5.75 Å². The van der Waals surface area contributed by atoms with Crippen LogP contribution < -0.4 is 5.32 Å². The van der Waals surface area contributed by atoms with E-state index < -0.39 is 0 Å². The lowest BCUT2D eigenvalue weighted by Gasteiger charge is -2.14. The van der Waals surface area contributed by atoms with Gasteiger partial charge in [-0.1, -0.05) is 0 Å². The van der Waals surface area contributed by atoms with Crippen LogP contribution in [0.15, 0.2) is 12.1 Å². The normalized spacial score (nSPS) is 20.8. The Labute approximate surface area is 91.3 Å². The van der Waals surface area contributed by atoms with Gasteiger partial charge in [-0.2, -0.15) is 0 Å². The number of phenols is 1. The van der Waals surface area contributed by atoms with Gasteiger partial charge in [-0.15, -0.1) is 0 Å². The minimum absolute atomic E-state index is 0.387.